The van der Waals surface area contributed by atoms with Gasteiger partial charge in [-0.15, -0.1) is 0 Å². The van der Waals surface area contributed by atoms with Crippen LogP contribution in [0.25, 0.3) is 5.57 Å². The monoisotopic (exact) mass is 364 g/mol. The van der Waals surface area contributed by atoms with Crippen LogP contribution in [0.5, 0.6) is 0 Å². The number of allylic oxidation sites excluding steroid dienone is 2. The zero-order valence-corrected chi connectivity index (χ0v) is 15.9. The standard InChI is InChI=1S/C22H25FN4/c1-4-14(2)20(17-11-8-12-18(24)21(17)22(23)26)19(25)13-27-15(3)16-9-6-5-7-10-16/h5-13,26H,4,24-25H2,1-3H3/b19-13-,20-14+,26-22?,27-15?. The maximum atomic E-state index is 13.9. The van der Waals surface area contributed by atoms with Crippen LogP contribution in [0.4, 0.5) is 10.1 Å². The van der Waals surface area contributed by atoms with E-state index in [-0.39, 0.29) is 11.3 Å². The number of nitrogens with zero attached hydrogens (tertiary/aromatic N) is 1. The first kappa shape index (κ1) is 20.1. The molecule has 5 N–H and O–H groups in total. The molecule has 2 aromatic carbocycles. The van der Waals surface area contributed by atoms with Gasteiger partial charge in [-0.3, -0.25) is 10.4 Å². The van der Waals surface area contributed by atoms with E-state index < -0.39 is 5.97 Å². The Morgan fingerprint density at radius 3 is 2.37 bits per heavy atom. The summed E-state index contributed by atoms with van der Waals surface area (Å²) in [4.78, 5) is 4.47. The largest absolute Gasteiger partial charge is 0.398 e. The summed E-state index contributed by atoms with van der Waals surface area (Å²) >= 11 is 0. The minimum Gasteiger partial charge on any atom is -0.398 e. The molecule has 140 valence electrons. The Hall–Kier alpha value is -3.21. The molecule has 0 fully saturated rings. The van der Waals surface area contributed by atoms with Gasteiger partial charge >= 0.3 is 0 Å². The van der Waals surface area contributed by atoms with Gasteiger partial charge in [0.15, 0.2) is 0 Å². The molecule has 0 radical (unpaired) electrons. The molecule has 0 heterocycles. The molecule has 0 unspecified atom stereocenters. The van der Waals surface area contributed by atoms with E-state index in [1.807, 2.05) is 51.1 Å². The number of nitrogens with one attached hydrogen (secondary N) is 1. The highest BCUT2D eigenvalue weighted by Gasteiger charge is 2.18. The van der Waals surface area contributed by atoms with Crippen molar-refractivity contribution in [3.8, 4) is 0 Å². The molecule has 0 amide bonds. The predicted octanol–water partition coefficient (Wildman–Crippen LogP) is 5.06. The lowest BCUT2D eigenvalue weighted by Crippen LogP contribution is -2.09. The van der Waals surface area contributed by atoms with E-state index in [0.29, 0.717) is 16.8 Å². The van der Waals surface area contributed by atoms with Gasteiger partial charge in [-0.05, 0) is 37.5 Å². The van der Waals surface area contributed by atoms with E-state index >= 15 is 0 Å². The first-order valence-corrected chi connectivity index (χ1v) is 8.75. The van der Waals surface area contributed by atoms with Gasteiger partial charge in [0.1, 0.15) is 0 Å². The highest BCUT2D eigenvalue weighted by atomic mass is 19.1. The van der Waals surface area contributed by atoms with Crippen LogP contribution >= 0.6 is 0 Å². The number of anilines is 1. The van der Waals surface area contributed by atoms with Crippen molar-refractivity contribution in [2.75, 3.05) is 5.73 Å². The maximum absolute atomic E-state index is 13.9. The molecule has 5 heteroatoms. The summed E-state index contributed by atoms with van der Waals surface area (Å²) in [5.41, 5.74) is 16.8. The number of aliphatic imine (C=N–C) groups is 1. The molecule has 0 saturated heterocycles. The number of benzene rings is 2. The smallest absolute Gasteiger partial charge is 0.215 e. The second-order valence-corrected chi connectivity index (χ2v) is 6.26. The lowest BCUT2D eigenvalue weighted by molar-refractivity contribution is 0.798. The third-order valence-electron chi connectivity index (χ3n) is 4.42. The fourth-order valence-electron chi connectivity index (χ4n) is 2.82. The van der Waals surface area contributed by atoms with Crippen LogP contribution in [0.15, 0.2) is 71.0 Å². The predicted molar refractivity (Wildman–Crippen MR) is 113 cm³/mol. The third kappa shape index (κ3) is 4.70. The summed E-state index contributed by atoms with van der Waals surface area (Å²) in [7, 11) is 0. The number of halogens is 1. The maximum Gasteiger partial charge on any atom is 0.215 e. The molecule has 0 bridgehead atoms. The van der Waals surface area contributed by atoms with Crippen LogP contribution in [0, 0.1) is 5.41 Å². The number of rotatable bonds is 6. The lowest BCUT2D eigenvalue weighted by atomic mass is 9.92. The third-order valence-corrected chi connectivity index (χ3v) is 4.42. The van der Waals surface area contributed by atoms with Crippen molar-refractivity contribution in [3.05, 3.63) is 82.7 Å². The molecular weight excluding hydrogens is 339 g/mol. The van der Waals surface area contributed by atoms with Crippen molar-refractivity contribution < 1.29 is 4.39 Å². The minimum atomic E-state index is -1.08. The van der Waals surface area contributed by atoms with Crippen LogP contribution in [0.3, 0.4) is 0 Å². The summed E-state index contributed by atoms with van der Waals surface area (Å²) in [6.07, 6.45) is 2.30. The molecule has 2 rings (SSSR count). The molecular formula is C22H25FN4. The lowest BCUT2D eigenvalue weighted by Gasteiger charge is -2.16. The van der Waals surface area contributed by atoms with Gasteiger partial charge in [0.25, 0.3) is 0 Å². The Morgan fingerprint density at radius 2 is 1.78 bits per heavy atom. The molecule has 4 nitrogen and oxygen atoms in total. The number of hydrogen-bond donors (Lipinski definition) is 3. The van der Waals surface area contributed by atoms with Gasteiger partial charge in [-0.1, -0.05) is 55.0 Å². The Morgan fingerprint density at radius 1 is 1.11 bits per heavy atom. The van der Waals surface area contributed by atoms with E-state index in [9.17, 15) is 4.39 Å². The van der Waals surface area contributed by atoms with Crippen molar-refractivity contribution in [2.45, 2.75) is 27.2 Å². The van der Waals surface area contributed by atoms with Crippen molar-refractivity contribution in [2.24, 2.45) is 10.7 Å². The van der Waals surface area contributed by atoms with Gasteiger partial charge in [0.2, 0.25) is 5.97 Å². The summed E-state index contributed by atoms with van der Waals surface area (Å²) in [5, 5.41) is 7.47. The quantitative estimate of drug-likeness (QED) is 0.380. The van der Waals surface area contributed by atoms with Crippen LogP contribution in [0.2, 0.25) is 0 Å². The molecule has 27 heavy (non-hydrogen) atoms. The SMILES string of the molecule is CC/C(C)=C(/C(N)=C/N=C(C)c1ccccc1)c1cccc(N)c1C(=N)F. The second kappa shape index (κ2) is 8.94. The van der Waals surface area contributed by atoms with Gasteiger partial charge in [-0.25, -0.2) is 0 Å². The molecule has 0 spiro atoms. The first-order valence-electron chi connectivity index (χ1n) is 8.75. The summed E-state index contributed by atoms with van der Waals surface area (Å²) in [6.45, 7) is 5.82. The van der Waals surface area contributed by atoms with Gasteiger partial charge in [0.05, 0.1) is 17.5 Å². The normalized spacial score (nSPS) is 13.3. The highest BCUT2D eigenvalue weighted by molar-refractivity contribution is 6.03. The zero-order valence-electron chi connectivity index (χ0n) is 15.9. The molecule has 0 atom stereocenters. The minimum absolute atomic E-state index is 0.0559. The number of nitrogen functional groups attached to an aromatic ring is 1. The van der Waals surface area contributed by atoms with Gasteiger partial charge in [-0.2, -0.15) is 4.39 Å². The van der Waals surface area contributed by atoms with Crippen LogP contribution in [0.1, 0.15) is 43.9 Å². The molecule has 0 aliphatic rings. The second-order valence-electron chi connectivity index (χ2n) is 6.26. The molecule has 0 aliphatic heterocycles. The van der Waals surface area contributed by atoms with Gasteiger partial charge in [0, 0.05) is 17.0 Å². The number of hydrogen-bond acceptors (Lipinski definition) is 4. The van der Waals surface area contributed by atoms with E-state index in [0.717, 1.165) is 23.3 Å². The van der Waals surface area contributed by atoms with E-state index in [4.69, 9.17) is 16.9 Å². The van der Waals surface area contributed by atoms with Crippen LogP contribution < -0.4 is 11.5 Å². The average molecular weight is 364 g/mol. The molecule has 0 saturated carbocycles. The summed E-state index contributed by atoms with van der Waals surface area (Å²) in [5.74, 6) is -1.08. The molecule has 2 aromatic rings. The molecule has 0 aliphatic carbocycles. The highest BCUT2D eigenvalue weighted by Crippen LogP contribution is 2.31. The van der Waals surface area contributed by atoms with Crippen LogP contribution in [-0.4, -0.2) is 11.7 Å². The topological polar surface area (TPSA) is 88.2 Å². The summed E-state index contributed by atoms with van der Waals surface area (Å²) in [6, 6.07) is 14.8. The Labute approximate surface area is 159 Å². The van der Waals surface area contributed by atoms with E-state index in [1.54, 1.807) is 24.4 Å². The zero-order chi connectivity index (χ0) is 20.0. The van der Waals surface area contributed by atoms with Crippen molar-refractivity contribution in [1.82, 2.24) is 0 Å². The van der Waals surface area contributed by atoms with Crippen LogP contribution in [-0.2, 0) is 0 Å². The van der Waals surface area contributed by atoms with E-state index in [1.165, 1.54) is 0 Å². The molecule has 0 aromatic heterocycles. The van der Waals surface area contributed by atoms with Gasteiger partial charge < -0.3 is 11.5 Å². The van der Waals surface area contributed by atoms with Crippen molar-refractivity contribution >= 4 is 22.9 Å². The Bertz CT molecular complexity index is 925. The fraction of sp³-hybridized carbons (Fsp3) is 0.182. The Kier molecular flexibility index (Phi) is 6.66. The van der Waals surface area contributed by atoms with Crippen molar-refractivity contribution in [3.63, 3.8) is 0 Å². The van der Waals surface area contributed by atoms with Crippen molar-refractivity contribution in [1.29, 1.82) is 5.41 Å². The summed E-state index contributed by atoms with van der Waals surface area (Å²) < 4.78 is 13.9. The first-order chi connectivity index (χ1) is 12.9. The Balaban J connectivity index is 2.57. The fourth-order valence-corrected chi connectivity index (χ4v) is 2.82. The average Bonchev–Trinajstić information content (AvgIpc) is 2.66. The number of nitrogens with two attached hydrogens (primary N) is 2. The van der Waals surface area contributed by atoms with E-state index in [2.05, 4.69) is 4.99 Å².